The van der Waals surface area contributed by atoms with Crippen molar-refractivity contribution in [3.63, 3.8) is 0 Å². The summed E-state index contributed by atoms with van der Waals surface area (Å²) in [7, 11) is 1.49. The fraction of sp³-hybridized carbons (Fsp3) is 0.400. The first-order valence-corrected chi connectivity index (χ1v) is 4.38. The van der Waals surface area contributed by atoms with E-state index >= 15 is 0 Å². The van der Waals surface area contributed by atoms with Gasteiger partial charge in [-0.25, -0.2) is 0 Å². The van der Waals surface area contributed by atoms with E-state index in [1.807, 2.05) is 0 Å². The maximum atomic E-state index is 12.1. The van der Waals surface area contributed by atoms with E-state index in [0.717, 1.165) is 0 Å². The van der Waals surface area contributed by atoms with Crippen LogP contribution in [0.3, 0.4) is 0 Å². The highest BCUT2D eigenvalue weighted by molar-refractivity contribution is 5.85. The maximum absolute atomic E-state index is 12.1. The summed E-state index contributed by atoms with van der Waals surface area (Å²) >= 11 is 0. The largest absolute Gasteiger partial charge is 0.507 e. The Morgan fingerprint density at radius 3 is 2.73 bits per heavy atom. The van der Waals surface area contributed by atoms with Gasteiger partial charge in [0.15, 0.2) is 0 Å². The Balaban J connectivity index is 0.00000196. The Kier molecular flexibility index (Phi) is 6.05. The van der Waals surface area contributed by atoms with Gasteiger partial charge in [-0.05, 0) is 18.6 Å². The molecule has 0 radical (unpaired) electrons. The fourth-order valence-electron chi connectivity index (χ4n) is 1.34. The van der Waals surface area contributed by atoms with Crippen molar-refractivity contribution in [3.05, 3.63) is 23.8 Å². The summed E-state index contributed by atoms with van der Waals surface area (Å²) in [6.07, 6.45) is 0.175. The van der Waals surface area contributed by atoms with Crippen molar-refractivity contribution in [2.75, 3.05) is 13.8 Å². The molecule has 0 spiro atoms. The Morgan fingerprint density at radius 1 is 1.53 bits per heavy atom. The monoisotopic (exact) mass is 235 g/mol. The van der Waals surface area contributed by atoms with Crippen LogP contribution in [0.5, 0.6) is 11.5 Å². The first kappa shape index (κ1) is 14.0. The number of benzene rings is 1. The van der Waals surface area contributed by atoms with Gasteiger partial charge in [0.05, 0.1) is 19.3 Å². The molecule has 0 saturated carbocycles. The molecule has 0 unspecified atom stereocenters. The van der Waals surface area contributed by atoms with Crippen molar-refractivity contribution in [1.29, 1.82) is 0 Å². The number of halogens is 2. The van der Waals surface area contributed by atoms with Crippen LogP contribution in [0.1, 0.15) is 18.0 Å². The number of hydrogen-bond acceptors (Lipinski definition) is 3. The number of methoxy groups -OCH3 is 1. The lowest BCUT2D eigenvalue weighted by molar-refractivity contribution is 0.381. The first-order chi connectivity index (χ1) is 6.70. The van der Waals surface area contributed by atoms with E-state index in [2.05, 4.69) is 0 Å². The number of ether oxygens (including phenoxy) is 1. The Hall–Kier alpha value is -1.00. The summed E-state index contributed by atoms with van der Waals surface area (Å²) in [5, 5.41) is 9.54. The lowest BCUT2D eigenvalue weighted by Crippen LogP contribution is -2.12. The van der Waals surface area contributed by atoms with Gasteiger partial charge in [0.2, 0.25) is 0 Å². The Labute approximate surface area is 94.5 Å². The van der Waals surface area contributed by atoms with E-state index in [1.54, 1.807) is 12.1 Å². The lowest BCUT2D eigenvalue weighted by atomic mass is 10.0. The standard InChI is InChI=1S/C10H14FNO2.ClH/c1-14-9-4-2-3-8(13)10(9)7(12)5-6-11;/h2-4,7,13H,5-6,12H2,1H3;1H/t7-;/m0./s1. The summed E-state index contributed by atoms with van der Waals surface area (Å²) < 4.78 is 17.1. The molecular weight excluding hydrogens is 221 g/mol. The fourth-order valence-corrected chi connectivity index (χ4v) is 1.34. The second-order valence-corrected chi connectivity index (χ2v) is 2.98. The Morgan fingerprint density at radius 2 is 2.20 bits per heavy atom. The van der Waals surface area contributed by atoms with Crippen LogP contribution in [0.25, 0.3) is 0 Å². The number of phenols is 1. The molecule has 0 bridgehead atoms. The highest BCUT2D eigenvalue weighted by Gasteiger charge is 2.15. The number of rotatable bonds is 4. The molecule has 3 N–H and O–H groups in total. The third-order valence-corrected chi connectivity index (χ3v) is 2.05. The summed E-state index contributed by atoms with van der Waals surface area (Å²) in [6, 6.07) is 4.32. The number of nitrogens with two attached hydrogens (primary N) is 1. The number of aromatic hydroxyl groups is 1. The predicted octanol–water partition coefficient (Wildman–Crippen LogP) is 2.18. The minimum Gasteiger partial charge on any atom is -0.507 e. The smallest absolute Gasteiger partial charge is 0.127 e. The molecule has 3 nitrogen and oxygen atoms in total. The molecule has 15 heavy (non-hydrogen) atoms. The second kappa shape index (κ2) is 6.48. The van der Waals surface area contributed by atoms with E-state index in [-0.39, 0.29) is 24.6 Å². The van der Waals surface area contributed by atoms with Crippen LogP contribution in [0.4, 0.5) is 4.39 Å². The number of hydrogen-bond donors (Lipinski definition) is 2. The van der Waals surface area contributed by atoms with Crippen LogP contribution < -0.4 is 10.5 Å². The van der Waals surface area contributed by atoms with Crippen LogP contribution in [-0.4, -0.2) is 18.9 Å². The van der Waals surface area contributed by atoms with Crippen LogP contribution in [0.15, 0.2) is 18.2 Å². The third-order valence-electron chi connectivity index (χ3n) is 2.05. The van der Waals surface area contributed by atoms with Gasteiger partial charge < -0.3 is 15.6 Å². The molecule has 1 rings (SSSR count). The van der Waals surface area contributed by atoms with Crippen molar-refractivity contribution in [3.8, 4) is 11.5 Å². The van der Waals surface area contributed by atoms with Crippen molar-refractivity contribution in [2.45, 2.75) is 12.5 Å². The molecular formula is C10H15ClFNO2. The SMILES string of the molecule is COc1cccc(O)c1[C@@H](N)CCF.Cl. The molecule has 86 valence electrons. The molecule has 1 aromatic carbocycles. The summed E-state index contributed by atoms with van der Waals surface area (Å²) in [5.41, 5.74) is 6.17. The zero-order valence-corrected chi connectivity index (χ0v) is 9.26. The van der Waals surface area contributed by atoms with E-state index in [9.17, 15) is 9.50 Å². The van der Waals surface area contributed by atoms with Crippen molar-refractivity contribution in [1.82, 2.24) is 0 Å². The molecule has 5 heteroatoms. The van der Waals surface area contributed by atoms with Gasteiger partial charge in [-0.3, -0.25) is 4.39 Å². The van der Waals surface area contributed by atoms with E-state index < -0.39 is 12.7 Å². The van der Waals surface area contributed by atoms with Crippen LogP contribution in [0, 0.1) is 0 Å². The molecule has 0 fully saturated rings. The minimum atomic E-state index is -0.531. The Bertz CT molecular complexity index is 309. The average Bonchev–Trinajstić information content (AvgIpc) is 2.17. The highest BCUT2D eigenvalue weighted by Crippen LogP contribution is 2.33. The van der Waals surface area contributed by atoms with E-state index in [1.165, 1.54) is 13.2 Å². The van der Waals surface area contributed by atoms with Crippen molar-refractivity contribution in [2.24, 2.45) is 5.73 Å². The van der Waals surface area contributed by atoms with Crippen LogP contribution in [0.2, 0.25) is 0 Å². The maximum Gasteiger partial charge on any atom is 0.127 e. The third kappa shape index (κ3) is 3.25. The summed E-state index contributed by atoms with van der Waals surface area (Å²) in [5.74, 6) is 0.538. The first-order valence-electron chi connectivity index (χ1n) is 4.38. The van der Waals surface area contributed by atoms with Crippen molar-refractivity contribution < 1.29 is 14.2 Å². The van der Waals surface area contributed by atoms with Gasteiger partial charge in [-0.1, -0.05) is 6.07 Å². The van der Waals surface area contributed by atoms with Crippen molar-refractivity contribution >= 4 is 12.4 Å². The lowest BCUT2D eigenvalue weighted by Gasteiger charge is -2.15. The second-order valence-electron chi connectivity index (χ2n) is 2.98. The van der Waals surface area contributed by atoms with Gasteiger partial charge in [0, 0.05) is 6.04 Å². The summed E-state index contributed by atoms with van der Waals surface area (Å²) in [6.45, 7) is -0.515. The predicted molar refractivity (Wildman–Crippen MR) is 59.4 cm³/mol. The van der Waals surface area contributed by atoms with Crippen LogP contribution >= 0.6 is 12.4 Å². The van der Waals surface area contributed by atoms with E-state index in [4.69, 9.17) is 10.5 Å². The topological polar surface area (TPSA) is 55.5 Å². The zero-order valence-electron chi connectivity index (χ0n) is 8.44. The molecule has 1 aromatic rings. The number of phenolic OH excluding ortho intramolecular Hbond substituents is 1. The molecule has 0 aromatic heterocycles. The van der Waals surface area contributed by atoms with Gasteiger partial charge in [-0.2, -0.15) is 0 Å². The minimum absolute atomic E-state index is 0. The van der Waals surface area contributed by atoms with Gasteiger partial charge >= 0.3 is 0 Å². The quantitative estimate of drug-likeness (QED) is 0.841. The molecule has 0 aliphatic rings. The van der Waals surface area contributed by atoms with Crippen LogP contribution in [-0.2, 0) is 0 Å². The van der Waals surface area contributed by atoms with Gasteiger partial charge in [-0.15, -0.1) is 12.4 Å². The van der Waals surface area contributed by atoms with Gasteiger partial charge in [0.1, 0.15) is 11.5 Å². The normalized spacial score (nSPS) is 11.7. The number of alkyl halides is 1. The molecule has 0 aliphatic heterocycles. The average molecular weight is 236 g/mol. The molecule has 0 saturated heterocycles. The molecule has 0 amide bonds. The molecule has 0 aliphatic carbocycles. The zero-order chi connectivity index (χ0) is 10.6. The molecule has 1 atom stereocenters. The summed E-state index contributed by atoms with van der Waals surface area (Å²) in [4.78, 5) is 0. The molecule has 0 heterocycles. The van der Waals surface area contributed by atoms with Gasteiger partial charge in [0.25, 0.3) is 0 Å². The van der Waals surface area contributed by atoms with E-state index in [0.29, 0.717) is 11.3 Å². The highest BCUT2D eigenvalue weighted by atomic mass is 35.5.